The third-order valence-electron chi connectivity index (χ3n) is 4.80. The minimum absolute atomic E-state index is 0.0887. The summed E-state index contributed by atoms with van der Waals surface area (Å²) in [6, 6.07) is 9.55. The quantitative estimate of drug-likeness (QED) is 0.189. The van der Waals surface area contributed by atoms with E-state index in [1.54, 1.807) is 11.4 Å². The first kappa shape index (κ1) is 27.9. The van der Waals surface area contributed by atoms with Crippen LogP contribution in [0.25, 0.3) is 0 Å². The number of alkyl halides is 9. The molecular weight excluding hydrogens is 552 g/mol. The van der Waals surface area contributed by atoms with Crippen LogP contribution in [-0.4, -0.2) is 39.9 Å². The molecule has 3 rings (SSSR count). The van der Waals surface area contributed by atoms with Gasteiger partial charge in [0.25, 0.3) is 11.2 Å². The Hall–Kier alpha value is -3.63. The van der Waals surface area contributed by atoms with Gasteiger partial charge in [-0.05, 0) is 12.1 Å². The Morgan fingerprint density at radius 3 is 1.97 bits per heavy atom. The number of hydrogen-bond donors (Lipinski definition) is 1. The van der Waals surface area contributed by atoms with E-state index in [0.29, 0.717) is 6.07 Å². The van der Waals surface area contributed by atoms with E-state index in [0.717, 1.165) is 12.1 Å². The van der Waals surface area contributed by atoms with Crippen LogP contribution in [0.1, 0.15) is 15.9 Å². The van der Waals surface area contributed by atoms with Crippen molar-refractivity contribution in [1.29, 1.82) is 0 Å². The first-order valence-corrected chi connectivity index (χ1v) is 10.3. The number of carbonyl (C=O) groups excluding carboxylic acids is 1. The number of hydrogen-bond acceptors (Lipinski definition) is 6. The maximum Gasteiger partial charge on any atom is 0.443 e. The molecule has 0 aliphatic carbocycles. The van der Waals surface area contributed by atoms with E-state index in [1.165, 1.54) is 24.3 Å². The van der Waals surface area contributed by atoms with E-state index in [2.05, 4.69) is 4.99 Å². The molecule has 1 aliphatic rings. The zero-order valence-electron chi connectivity index (χ0n) is 17.4. The van der Waals surface area contributed by atoms with Crippen LogP contribution < -0.4 is 5.32 Å². The van der Waals surface area contributed by atoms with Gasteiger partial charge in [0.1, 0.15) is 5.69 Å². The molecule has 2 aromatic carbocycles. The second-order valence-corrected chi connectivity index (χ2v) is 8.17. The SMILES string of the molecule is O=C(c1ccccc1)c1ccc(NC2=NC(C(F)(F)F)(C(F)(F)F)/C(=C(\F)C(F)(F)F)S2)c([N+](=O)[O-])c1. The van der Waals surface area contributed by atoms with E-state index in [4.69, 9.17) is 0 Å². The minimum atomic E-state index is -6.59. The number of ketones is 1. The number of halogens is 10. The van der Waals surface area contributed by atoms with Crippen molar-refractivity contribution in [2.45, 2.75) is 24.1 Å². The molecule has 17 heteroatoms. The number of anilines is 1. The van der Waals surface area contributed by atoms with Crippen molar-refractivity contribution in [3.05, 3.63) is 80.5 Å². The summed E-state index contributed by atoms with van der Waals surface area (Å²) < 4.78 is 134. The maximum absolute atomic E-state index is 13.9. The molecule has 0 radical (unpaired) electrons. The molecule has 0 saturated carbocycles. The van der Waals surface area contributed by atoms with Gasteiger partial charge >= 0.3 is 18.5 Å². The van der Waals surface area contributed by atoms with Crippen molar-refractivity contribution in [3.8, 4) is 0 Å². The Kier molecular flexibility index (Phi) is 7.06. The molecule has 0 aromatic heterocycles. The van der Waals surface area contributed by atoms with E-state index in [9.17, 15) is 58.8 Å². The van der Waals surface area contributed by atoms with E-state index in [-0.39, 0.29) is 11.1 Å². The number of nitrogens with one attached hydrogen (secondary N) is 1. The first-order valence-electron chi connectivity index (χ1n) is 9.44. The molecule has 1 N–H and O–H groups in total. The smallest absolute Gasteiger partial charge is 0.329 e. The summed E-state index contributed by atoms with van der Waals surface area (Å²) in [6.45, 7) is 0. The highest BCUT2D eigenvalue weighted by molar-refractivity contribution is 8.17. The van der Waals surface area contributed by atoms with Gasteiger partial charge in [0, 0.05) is 17.2 Å². The van der Waals surface area contributed by atoms with Crippen LogP contribution in [0, 0.1) is 10.1 Å². The first-order chi connectivity index (χ1) is 16.9. The molecule has 6 nitrogen and oxygen atoms in total. The molecule has 0 amide bonds. The van der Waals surface area contributed by atoms with Crippen LogP contribution in [0.3, 0.4) is 0 Å². The number of carbonyl (C=O) groups is 1. The molecule has 37 heavy (non-hydrogen) atoms. The molecule has 0 fully saturated rings. The molecule has 198 valence electrons. The number of allylic oxidation sites excluding steroid dienone is 1. The van der Waals surface area contributed by atoms with Crippen LogP contribution in [0.15, 0.2) is 64.3 Å². The van der Waals surface area contributed by atoms with Crippen molar-refractivity contribution in [1.82, 2.24) is 0 Å². The largest absolute Gasteiger partial charge is 0.443 e. The van der Waals surface area contributed by atoms with Gasteiger partial charge in [0.2, 0.25) is 5.83 Å². The van der Waals surface area contributed by atoms with Crippen molar-refractivity contribution in [2.75, 3.05) is 5.32 Å². The second kappa shape index (κ2) is 9.35. The molecule has 0 unspecified atom stereocenters. The van der Waals surface area contributed by atoms with Gasteiger partial charge in [-0.2, -0.15) is 39.5 Å². The average molecular weight is 561 g/mol. The van der Waals surface area contributed by atoms with Crippen LogP contribution in [0.4, 0.5) is 55.3 Å². The van der Waals surface area contributed by atoms with E-state index in [1.807, 2.05) is 0 Å². The Morgan fingerprint density at radius 2 is 1.49 bits per heavy atom. The molecule has 1 heterocycles. The summed E-state index contributed by atoms with van der Waals surface area (Å²) in [5, 5.41) is 11.6. The number of nitro benzene ring substituents is 1. The van der Waals surface area contributed by atoms with Crippen LogP contribution in [0.5, 0.6) is 0 Å². The van der Waals surface area contributed by atoms with Gasteiger partial charge in [0.15, 0.2) is 11.0 Å². The monoisotopic (exact) mass is 561 g/mol. The number of thioether (sulfide) groups is 1. The number of rotatable bonds is 4. The van der Waals surface area contributed by atoms with Gasteiger partial charge in [-0.1, -0.05) is 42.1 Å². The van der Waals surface area contributed by atoms with E-state index >= 15 is 0 Å². The van der Waals surface area contributed by atoms with Gasteiger partial charge < -0.3 is 5.32 Å². The molecule has 0 spiro atoms. The fourth-order valence-electron chi connectivity index (χ4n) is 3.13. The highest BCUT2D eigenvalue weighted by atomic mass is 32.2. The normalized spacial score (nSPS) is 17.3. The molecule has 0 bridgehead atoms. The van der Waals surface area contributed by atoms with Crippen LogP contribution in [0.2, 0.25) is 0 Å². The fraction of sp³-hybridized carbons (Fsp3) is 0.200. The Morgan fingerprint density at radius 1 is 0.919 bits per heavy atom. The second-order valence-electron chi connectivity index (χ2n) is 7.17. The highest BCUT2D eigenvalue weighted by Gasteiger charge is 2.77. The summed E-state index contributed by atoms with van der Waals surface area (Å²) in [6.07, 6.45) is -19.4. The lowest BCUT2D eigenvalue weighted by Gasteiger charge is -2.31. The number of amidine groups is 1. The molecule has 1 aliphatic heterocycles. The number of nitro groups is 1. The zero-order valence-corrected chi connectivity index (χ0v) is 18.2. The highest BCUT2D eigenvalue weighted by Crippen LogP contribution is 2.59. The Labute approximate surface area is 203 Å². The van der Waals surface area contributed by atoms with Gasteiger partial charge in [-0.25, -0.2) is 9.38 Å². The van der Waals surface area contributed by atoms with Crippen LogP contribution >= 0.6 is 11.8 Å². The summed E-state index contributed by atoms with van der Waals surface area (Å²) in [5.41, 5.74) is -7.71. The lowest BCUT2D eigenvalue weighted by Crippen LogP contribution is -2.55. The van der Waals surface area contributed by atoms with Gasteiger partial charge in [-0.15, -0.1) is 0 Å². The Balaban J connectivity index is 2.12. The number of aliphatic imine (C=N–C) groups is 1. The van der Waals surface area contributed by atoms with Crippen molar-refractivity contribution in [3.63, 3.8) is 0 Å². The lowest BCUT2D eigenvalue weighted by atomic mass is 9.97. The molecular formula is C20H9F10N3O3S. The van der Waals surface area contributed by atoms with Gasteiger partial charge in [-0.3, -0.25) is 14.9 Å². The lowest BCUT2D eigenvalue weighted by molar-refractivity contribution is -0.383. The summed E-state index contributed by atoms with van der Waals surface area (Å²) in [4.78, 5) is 22.3. The molecule has 0 saturated heterocycles. The third-order valence-corrected chi connectivity index (χ3v) is 5.86. The predicted octanol–water partition coefficient (Wildman–Crippen LogP) is 6.95. The van der Waals surface area contributed by atoms with Crippen molar-refractivity contribution < 1.29 is 53.6 Å². The topological polar surface area (TPSA) is 84.6 Å². The predicted molar refractivity (Wildman–Crippen MR) is 111 cm³/mol. The van der Waals surface area contributed by atoms with Gasteiger partial charge in [0.05, 0.1) is 9.83 Å². The standard InChI is InChI=1S/C20H9F10N3O3S/c21-14(18(22,23)24)15-17(19(25,26)27,20(28,29)30)32-16(37-15)31-11-7-6-10(8-12(11)33(35)36)13(34)9-4-2-1-3-5-9/h1-8H,(H,31,32)/b15-14+. The summed E-state index contributed by atoms with van der Waals surface area (Å²) in [5.74, 6) is -4.42. The van der Waals surface area contributed by atoms with Crippen molar-refractivity contribution in [2.24, 2.45) is 4.99 Å². The maximum atomic E-state index is 13.9. The zero-order chi connectivity index (χ0) is 28.0. The molecule has 0 atom stereocenters. The summed E-state index contributed by atoms with van der Waals surface area (Å²) in [7, 11) is 0. The Bertz CT molecular complexity index is 1290. The van der Waals surface area contributed by atoms with Crippen molar-refractivity contribution >= 4 is 34.1 Å². The number of benzene rings is 2. The third kappa shape index (κ3) is 5.12. The van der Waals surface area contributed by atoms with Crippen LogP contribution in [-0.2, 0) is 0 Å². The van der Waals surface area contributed by atoms with E-state index < -0.39 is 73.8 Å². The summed E-state index contributed by atoms with van der Waals surface area (Å²) >= 11 is -0.977. The molecule has 2 aromatic rings. The average Bonchev–Trinajstić information content (AvgIpc) is 3.19. The minimum Gasteiger partial charge on any atom is -0.329 e. The fourth-order valence-corrected chi connectivity index (χ4v) is 4.30. The number of nitrogens with zero attached hydrogens (tertiary/aromatic N) is 2.